The number of nitrogens with one attached hydrogen (secondary N) is 1. The summed E-state index contributed by atoms with van der Waals surface area (Å²) in [6, 6.07) is 8.40. The van der Waals surface area contributed by atoms with Crippen LogP contribution in [0.15, 0.2) is 28.8 Å². The average molecular weight is 367 g/mol. The van der Waals surface area contributed by atoms with E-state index in [1.54, 1.807) is 7.11 Å². The Labute approximate surface area is 155 Å². The lowest BCUT2D eigenvalue weighted by Crippen LogP contribution is -2.45. The molecule has 1 fully saturated rings. The first-order chi connectivity index (χ1) is 11.5. The molecular weight excluding hydrogens is 340 g/mol. The van der Waals surface area contributed by atoms with Crippen molar-refractivity contribution in [1.29, 1.82) is 0 Å². The summed E-state index contributed by atoms with van der Waals surface area (Å²) in [4.78, 5) is 6.94. The van der Waals surface area contributed by atoms with Crippen molar-refractivity contribution in [3.8, 4) is 5.75 Å². The van der Waals surface area contributed by atoms with Crippen LogP contribution >= 0.6 is 12.4 Å². The highest BCUT2D eigenvalue weighted by atomic mass is 35.5. The molecule has 3 rings (SSSR count). The van der Waals surface area contributed by atoms with E-state index in [0.29, 0.717) is 12.4 Å². The van der Waals surface area contributed by atoms with Crippen molar-refractivity contribution in [1.82, 2.24) is 20.4 Å². The third kappa shape index (κ3) is 4.51. The zero-order chi connectivity index (χ0) is 17.2. The normalized spacial score (nSPS) is 18.6. The Morgan fingerprint density at radius 3 is 2.76 bits per heavy atom. The van der Waals surface area contributed by atoms with Crippen LogP contribution in [-0.2, 0) is 12.0 Å². The SMILES string of the molecule is COc1ccccc1C1CNCCN1Cc1nc(C(C)(C)C)no1.Cl. The maximum Gasteiger partial charge on any atom is 0.240 e. The molecule has 0 spiro atoms. The average Bonchev–Trinajstić information content (AvgIpc) is 3.04. The summed E-state index contributed by atoms with van der Waals surface area (Å²) in [7, 11) is 1.72. The van der Waals surface area contributed by atoms with E-state index in [-0.39, 0.29) is 23.9 Å². The Morgan fingerprint density at radius 2 is 2.08 bits per heavy atom. The largest absolute Gasteiger partial charge is 0.496 e. The fourth-order valence-electron chi connectivity index (χ4n) is 2.98. The van der Waals surface area contributed by atoms with Gasteiger partial charge in [-0.25, -0.2) is 0 Å². The van der Waals surface area contributed by atoms with Crippen molar-refractivity contribution >= 4 is 12.4 Å². The van der Waals surface area contributed by atoms with Crippen molar-refractivity contribution in [2.24, 2.45) is 0 Å². The van der Waals surface area contributed by atoms with Gasteiger partial charge in [0.2, 0.25) is 5.89 Å². The van der Waals surface area contributed by atoms with Crippen molar-refractivity contribution in [2.45, 2.75) is 38.8 Å². The number of aromatic nitrogens is 2. The van der Waals surface area contributed by atoms with E-state index in [4.69, 9.17) is 9.26 Å². The van der Waals surface area contributed by atoms with Crippen LogP contribution < -0.4 is 10.1 Å². The molecule has 6 nitrogen and oxygen atoms in total. The molecule has 0 saturated carbocycles. The second-order valence-electron chi connectivity index (χ2n) is 7.19. The van der Waals surface area contributed by atoms with Crippen molar-refractivity contribution < 1.29 is 9.26 Å². The van der Waals surface area contributed by atoms with Crippen LogP contribution in [0.3, 0.4) is 0 Å². The van der Waals surface area contributed by atoms with Crippen LogP contribution in [-0.4, -0.2) is 41.8 Å². The lowest BCUT2D eigenvalue weighted by molar-refractivity contribution is 0.133. The molecule has 1 atom stereocenters. The van der Waals surface area contributed by atoms with Crippen LogP contribution in [0.4, 0.5) is 0 Å². The molecule has 138 valence electrons. The number of methoxy groups -OCH3 is 1. The van der Waals surface area contributed by atoms with Crippen LogP contribution in [0.5, 0.6) is 5.75 Å². The minimum atomic E-state index is -0.104. The second-order valence-corrected chi connectivity index (χ2v) is 7.19. The van der Waals surface area contributed by atoms with Gasteiger partial charge < -0.3 is 14.6 Å². The molecule has 1 N–H and O–H groups in total. The summed E-state index contributed by atoms with van der Waals surface area (Å²) >= 11 is 0. The number of ether oxygens (including phenoxy) is 1. The van der Waals surface area contributed by atoms with Gasteiger partial charge in [0.1, 0.15) is 5.75 Å². The number of benzene rings is 1. The van der Waals surface area contributed by atoms with Gasteiger partial charge in [-0.15, -0.1) is 12.4 Å². The van der Waals surface area contributed by atoms with Gasteiger partial charge in [-0.2, -0.15) is 4.98 Å². The van der Waals surface area contributed by atoms with Gasteiger partial charge >= 0.3 is 0 Å². The third-order valence-electron chi connectivity index (χ3n) is 4.33. The summed E-state index contributed by atoms with van der Waals surface area (Å²) in [5.74, 6) is 2.33. The zero-order valence-electron chi connectivity index (χ0n) is 15.3. The summed E-state index contributed by atoms with van der Waals surface area (Å²) < 4.78 is 11.0. The molecule has 7 heteroatoms. The maximum absolute atomic E-state index is 5.54. The number of hydrogen-bond acceptors (Lipinski definition) is 6. The minimum Gasteiger partial charge on any atom is -0.496 e. The molecule has 0 amide bonds. The highest BCUT2D eigenvalue weighted by Gasteiger charge is 2.28. The number of nitrogens with zero attached hydrogens (tertiary/aromatic N) is 3. The number of rotatable bonds is 4. The van der Waals surface area contributed by atoms with Gasteiger partial charge in [0.15, 0.2) is 5.82 Å². The molecule has 1 aliphatic heterocycles. The Kier molecular flexibility index (Phi) is 6.43. The minimum absolute atomic E-state index is 0. The number of piperazine rings is 1. The highest BCUT2D eigenvalue weighted by molar-refractivity contribution is 5.85. The van der Waals surface area contributed by atoms with Gasteiger partial charge in [-0.05, 0) is 6.07 Å². The molecular formula is C18H27ClN4O2. The monoisotopic (exact) mass is 366 g/mol. The van der Waals surface area contributed by atoms with Crippen LogP contribution in [0.1, 0.15) is 44.1 Å². The van der Waals surface area contributed by atoms with E-state index in [1.165, 1.54) is 5.56 Å². The van der Waals surface area contributed by atoms with Crippen molar-refractivity contribution in [3.05, 3.63) is 41.5 Å². The van der Waals surface area contributed by atoms with Crippen LogP contribution in [0, 0.1) is 0 Å². The van der Waals surface area contributed by atoms with E-state index in [0.717, 1.165) is 31.2 Å². The van der Waals surface area contributed by atoms with E-state index in [9.17, 15) is 0 Å². The summed E-state index contributed by atoms with van der Waals surface area (Å²) in [6.45, 7) is 9.66. The van der Waals surface area contributed by atoms with Gasteiger partial charge in [0.25, 0.3) is 0 Å². The lowest BCUT2D eigenvalue weighted by atomic mass is 9.96. The van der Waals surface area contributed by atoms with Crippen LogP contribution in [0.25, 0.3) is 0 Å². The maximum atomic E-state index is 5.54. The molecule has 1 aromatic carbocycles. The quantitative estimate of drug-likeness (QED) is 0.897. The number of para-hydroxylation sites is 1. The van der Waals surface area contributed by atoms with E-state index < -0.39 is 0 Å². The summed E-state index contributed by atoms with van der Waals surface area (Å²) in [5.41, 5.74) is 1.08. The summed E-state index contributed by atoms with van der Waals surface area (Å²) in [6.07, 6.45) is 0. The molecule has 2 heterocycles. The standard InChI is InChI=1S/C18H26N4O2.ClH/c1-18(2,3)17-20-16(24-21-17)12-22-10-9-19-11-14(22)13-7-5-6-8-15(13)23-4;/h5-8,14,19H,9-12H2,1-4H3;1H. The summed E-state index contributed by atoms with van der Waals surface area (Å²) in [5, 5.41) is 7.60. The molecule has 1 unspecified atom stereocenters. The van der Waals surface area contributed by atoms with Crippen molar-refractivity contribution in [2.75, 3.05) is 26.7 Å². The van der Waals surface area contributed by atoms with Gasteiger partial charge in [0.05, 0.1) is 19.7 Å². The smallest absolute Gasteiger partial charge is 0.240 e. The second kappa shape index (κ2) is 8.17. The van der Waals surface area contributed by atoms with Crippen LogP contribution in [0.2, 0.25) is 0 Å². The number of hydrogen-bond donors (Lipinski definition) is 1. The molecule has 2 aromatic rings. The predicted molar refractivity (Wildman–Crippen MR) is 99.3 cm³/mol. The molecule has 1 saturated heterocycles. The first kappa shape index (κ1) is 19.7. The molecule has 0 bridgehead atoms. The van der Waals surface area contributed by atoms with E-state index in [2.05, 4.69) is 53.3 Å². The Balaban J connectivity index is 0.00000225. The van der Waals surface area contributed by atoms with Gasteiger partial charge in [-0.1, -0.05) is 44.1 Å². The van der Waals surface area contributed by atoms with Gasteiger partial charge in [0, 0.05) is 30.6 Å². The molecule has 0 aliphatic carbocycles. The Morgan fingerprint density at radius 1 is 1.32 bits per heavy atom. The lowest BCUT2D eigenvalue weighted by Gasteiger charge is -2.36. The Hall–Kier alpha value is -1.63. The first-order valence-corrected chi connectivity index (χ1v) is 8.40. The molecule has 1 aliphatic rings. The molecule has 1 aromatic heterocycles. The predicted octanol–water partition coefficient (Wildman–Crippen LogP) is 2.94. The van der Waals surface area contributed by atoms with E-state index in [1.807, 2.05) is 12.1 Å². The van der Waals surface area contributed by atoms with Crippen molar-refractivity contribution in [3.63, 3.8) is 0 Å². The third-order valence-corrected chi connectivity index (χ3v) is 4.33. The van der Waals surface area contributed by atoms with Gasteiger partial charge in [-0.3, -0.25) is 4.90 Å². The molecule has 25 heavy (non-hydrogen) atoms. The topological polar surface area (TPSA) is 63.4 Å². The fraction of sp³-hybridized carbons (Fsp3) is 0.556. The fourth-order valence-corrected chi connectivity index (χ4v) is 2.98. The Bertz CT molecular complexity index is 684. The van der Waals surface area contributed by atoms with E-state index >= 15 is 0 Å². The molecule has 0 radical (unpaired) electrons. The zero-order valence-corrected chi connectivity index (χ0v) is 16.1. The number of halogens is 1. The highest BCUT2D eigenvalue weighted by Crippen LogP contribution is 2.31. The first-order valence-electron chi connectivity index (χ1n) is 8.40.